The Labute approximate surface area is 118 Å². The largest absolute Gasteiger partial charge is 0.294 e. The van der Waals surface area contributed by atoms with Crippen LogP contribution in [0.4, 0.5) is 8.78 Å². The molecule has 0 N–H and O–H groups in total. The molecule has 2 rings (SSSR count). The maximum absolute atomic E-state index is 13.5. The first kappa shape index (κ1) is 13.9. The van der Waals surface area contributed by atoms with Gasteiger partial charge in [0.1, 0.15) is 11.6 Å². The second-order valence-electron chi connectivity index (χ2n) is 4.30. The third-order valence-electron chi connectivity index (χ3n) is 2.85. The van der Waals surface area contributed by atoms with E-state index in [9.17, 15) is 13.6 Å². The van der Waals surface area contributed by atoms with Gasteiger partial charge in [0.15, 0.2) is 5.78 Å². The summed E-state index contributed by atoms with van der Waals surface area (Å²) in [6.07, 6.45) is -0.154. The molecule has 0 atom stereocenters. The second-order valence-corrected chi connectivity index (χ2v) is 5.15. The van der Waals surface area contributed by atoms with Gasteiger partial charge in [-0.1, -0.05) is 28.1 Å². The van der Waals surface area contributed by atoms with Gasteiger partial charge in [-0.2, -0.15) is 0 Å². The maximum Gasteiger partial charge on any atom is 0.167 e. The summed E-state index contributed by atoms with van der Waals surface area (Å²) in [7, 11) is 0. The molecule has 0 aliphatic carbocycles. The zero-order chi connectivity index (χ0) is 14.0. The number of carbonyl (C=O) groups excluding carboxylic acids is 1. The first-order valence-corrected chi connectivity index (χ1v) is 6.50. The highest BCUT2D eigenvalue weighted by atomic mass is 79.9. The number of aryl methyl sites for hydroxylation is 1. The van der Waals surface area contributed by atoms with Gasteiger partial charge in [0.25, 0.3) is 0 Å². The van der Waals surface area contributed by atoms with Crippen molar-refractivity contribution in [3.8, 4) is 0 Å². The average Bonchev–Trinajstić information content (AvgIpc) is 2.37. The van der Waals surface area contributed by atoms with Crippen molar-refractivity contribution in [2.24, 2.45) is 0 Å². The molecule has 19 heavy (non-hydrogen) atoms. The lowest BCUT2D eigenvalue weighted by atomic mass is 10.0. The molecular formula is C15H11BrF2O. The van der Waals surface area contributed by atoms with E-state index in [0.29, 0.717) is 5.56 Å². The van der Waals surface area contributed by atoms with Crippen LogP contribution in [0.3, 0.4) is 0 Å². The Morgan fingerprint density at radius 1 is 1.16 bits per heavy atom. The number of Topliss-reactive ketones (excluding diaryl/α,β-unsaturated/α-hetero) is 1. The van der Waals surface area contributed by atoms with Crippen molar-refractivity contribution in [3.63, 3.8) is 0 Å². The van der Waals surface area contributed by atoms with Gasteiger partial charge >= 0.3 is 0 Å². The van der Waals surface area contributed by atoms with Crippen molar-refractivity contribution < 1.29 is 13.6 Å². The van der Waals surface area contributed by atoms with Crippen LogP contribution in [0.5, 0.6) is 0 Å². The number of benzene rings is 2. The van der Waals surface area contributed by atoms with Crippen LogP contribution < -0.4 is 0 Å². The smallest absolute Gasteiger partial charge is 0.167 e. The van der Waals surface area contributed by atoms with E-state index in [2.05, 4.69) is 15.9 Å². The van der Waals surface area contributed by atoms with E-state index in [4.69, 9.17) is 0 Å². The lowest BCUT2D eigenvalue weighted by Gasteiger charge is -2.05. The normalized spacial score (nSPS) is 10.5. The average molecular weight is 325 g/mol. The topological polar surface area (TPSA) is 17.1 Å². The fourth-order valence-electron chi connectivity index (χ4n) is 1.72. The lowest BCUT2D eigenvalue weighted by Crippen LogP contribution is -2.06. The van der Waals surface area contributed by atoms with Crippen LogP contribution in [0.25, 0.3) is 0 Å². The molecule has 0 aromatic heterocycles. The SMILES string of the molecule is Cc1ccc(C(=O)Cc2cc(F)ccc2F)cc1Br. The van der Waals surface area contributed by atoms with Crippen molar-refractivity contribution in [2.75, 3.05) is 0 Å². The number of rotatable bonds is 3. The predicted octanol–water partition coefficient (Wildman–Crippen LogP) is 4.46. The number of carbonyl (C=O) groups is 1. The maximum atomic E-state index is 13.5. The standard InChI is InChI=1S/C15H11BrF2O/c1-9-2-3-10(7-13(9)16)15(19)8-11-6-12(17)4-5-14(11)18/h2-7H,8H2,1H3. The van der Waals surface area contributed by atoms with E-state index in [1.54, 1.807) is 18.2 Å². The Kier molecular flexibility index (Phi) is 4.10. The minimum absolute atomic E-state index is 0.0710. The molecule has 1 nitrogen and oxygen atoms in total. The van der Waals surface area contributed by atoms with Crippen LogP contribution in [0, 0.1) is 18.6 Å². The van der Waals surface area contributed by atoms with Crippen molar-refractivity contribution >= 4 is 21.7 Å². The molecule has 0 aliphatic heterocycles. The fourth-order valence-corrected chi connectivity index (χ4v) is 2.10. The van der Waals surface area contributed by atoms with Crippen molar-refractivity contribution in [3.05, 3.63) is 69.2 Å². The molecule has 2 aromatic rings. The Balaban J connectivity index is 2.25. The minimum Gasteiger partial charge on any atom is -0.294 e. The Hall–Kier alpha value is -1.55. The monoisotopic (exact) mass is 324 g/mol. The fraction of sp³-hybridized carbons (Fsp3) is 0.133. The summed E-state index contributed by atoms with van der Waals surface area (Å²) in [4.78, 5) is 12.0. The summed E-state index contributed by atoms with van der Waals surface area (Å²) in [5.41, 5.74) is 1.55. The number of hydrogen-bond acceptors (Lipinski definition) is 1. The predicted molar refractivity (Wildman–Crippen MR) is 73.3 cm³/mol. The van der Waals surface area contributed by atoms with Crippen molar-refractivity contribution in [1.82, 2.24) is 0 Å². The van der Waals surface area contributed by atoms with Gasteiger partial charge in [-0.15, -0.1) is 0 Å². The second kappa shape index (κ2) is 5.61. The number of halogens is 3. The van der Waals surface area contributed by atoms with Crippen LogP contribution in [0.2, 0.25) is 0 Å². The summed E-state index contributed by atoms with van der Waals surface area (Å²) >= 11 is 3.34. The molecule has 98 valence electrons. The minimum atomic E-state index is -0.569. The van der Waals surface area contributed by atoms with Gasteiger partial charge in [0, 0.05) is 16.5 Å². The molecule has 0 saturated heterocycles. The van der Waals surface area contributed by atoms with Gasteiger partial charge in [0.05, 0.1) is 0 Å². The number of hydrogen-bond donors (Lipinski definition) is 0. The highest BCUT2D eigenvalue weighted by molar-refractivity contribution is 9.10. The summed E-state index contributed by atoms with van der Waals surface area (Å²) < 4.78 is 27.3. The first-order chi connectivity index (χ1) is 8.97. The molecule has 0 aliphatic rings. The molecule has 4 heteroatoms. The molecule has 0 amide bonds. The molecule has 0 fully saturated rings. The summed E-state index contributed by atoms with van der Waals surface area (Å²) in [5, 5.41) is 0. The van der Waals surface area contributed by atoms with Gasteiger partial charge in [-0.25, -0.2) is 8.78 Å². The molecule has 0 unspecified atom stereocenters. The molecule has 0 spiro atoms. The third kappa shape index (κ3) is 3.26. The van der Waals surface area contributed by atoms with Crippen LogP contribution in [-0.2, 0) is 6.42 Å². The van der Waals surface area contributed by atoms with E-state index in [1.165, 1.54) is 0 Å². The quantitative estimate of drug-likeness (QED) is 0.762. The Bertz CT molecular complexity index is 638. The zero-order valence-corrected chi connectivity index (χ0v) is 11.8. The molecule has 0 radical (unpaired) electrons. The first-order valence-electron chi connectivity index (χ1n) is 5.70. The molecule has 0 heterocycles. The Morgan fingerprint density at radius 3 is 2.58 bits per heavy atom. The molecule has 0 bridgehead atoms. The van der Waals surface area contributed by atoms with Crippen LogP contribution >= 0.6 is 15.9 Å². The van der Waals surface area contributed by atoms with E-state index < -0.39 is 11.6 Å². The highest BCUT2D eigenvalue weighted by Crippen LogP contribution is 2.19. The van der Waals surface area contributed by atoms with Crippen LogP contribution in [0.15, 0.2) is 40.9 Å². The van der Waals surface area contributed by atoms with E-state index in [-0.39, 0.29) is 17.8 Å². The van der Waals surface area contributed by atoms with Gasteiger partial charge in [-0.3, -0.25) is 4.79 Å². The van der Waals surface area contributed by atoms with Crippen LogP contribution in [0.1, 0.15) is 21.5 Å². The molecule has 2 aromatic carbocycles. The summed E-state index contributed by atoms with van der Waals surface area (Å²) in [5.74, 6) is -1.36. The van der Waals surface area contributed by atoms with Gasteiger partial charge in [-0.05, 0) is 42.3 Å². The van der Waals surface area contributed by atoms with E-state index in [0.717, 1.165) is 28.2 Å². The van der Waals surface area contributed by atoms with Crippen molar-refractivity contribution in [2.45, 2.75) is 13.3 Å². The molecular weight excluding hydrogens is 314 g/mol. The van der Waals surface area contributed by atoms with E-state index >= 15 is 0 Å². The lowest BCUT2D eigenvalue weighted by molar-refractivity contribution is 0.0991. The van der Waals surface area contributed by atoms with E-state index in [1.807, 2.05) is 6.92 Å². The number of ketones is 1. The van der Waals surface area contributed by atoms with Crippen LogP contribution in [-0.4, -0.2) is 5.78 Å². The summed E-state index contributed by atoms with van der Waals surface area (Å²) in [6.45, 7) is 1.91. The Morgan fingerprint density at radius 2 is 1.89 bits per heavy atom. The third-order valence-corrected chi connectivity index (χ3v) is 3.71. The van der Waals surface area contributed by atoms with Gasteiger partial charge < -0.3 is 0 Å². The highest BCUT2D eigenvalue weighted by Gasteiger charge is 2.12. The van der Waals surface area contributed by atoms with Crippen molar-refractivity contribution in [1.29, 1.82) is 0 Å². The summed E-state index contributed by atoms with van der Waals surface area (Å²) in [6, 6.07) is 8.29. The molecule has 0 saturated carbocycles. The zero-order valence-electron chi connectivity index (χ0n) is 10.2. The van der Waals surface area contributed by atoms with Gasteiger partial charge in [0.2, 0.25) is 0 Å².